The third-order valence-electron chi connectivity index (χ3n) is 2.18. The van der Waals surface area contributed by atoms with E-state index >= 15 is 0 Å². The van der Waals surface area contributed by atoms with Gasteiger partial charge in [0, 0.05) is 4.47 Å². The SMILES string of the molecule is NNC(=NC1CC1)c1ccc(Br)cc1F. The maximum Gasteiger partial charge on any atom is 0.145 e. The van der Waals surface area contributed by atoms with Gasteiger partial charge in [0.05, 0.1) is 11.6 Å². The van der Waals surface area contributed by atoms with Crippen molar-refractivity contribution in [3.8, 4) is 0 Å². The molecule has 1 saturated carbocycles. The average molecular weight is 272 g/mol. The predicted molar refractivity (Wildman–Crippen MR) is 61.0 cm³/mol. The van der Waals surface area contributed by atoms with E-state index < -0.39 is 0 Å². The van der Waals surface area contributed by atoms with Crippen LogP contribution >= 0.6 is 15.9 Å². The summed E-state index contributed by atoms with van der Waals surface area (Å²) in [7, 11) is 0. The Morgan fingerprint density at radius 1 is 1.53 bits per heavy atom. The zero-order chi connectivity index (χ0) is 10.8. The quantitative estimate of drug-likeness (QED) is 0.374. The van der Waals surface area contributed by atoms with Gasteiger partial charge >= 0.3 is 0 Å². The summed E-state index contributed by atoms with van der Waals surface area (Å²) in [4.78, 5) is 4.29. The monoisotopic (exact) mass is 271 g/mol. The number of nitrogens with one attached hydrogen (secondary N) is 1. The lowest BCUT2D eigenvalue weighted by atomic mass is 10.2. The molecule has 5 heteroatoms. The molecule has 0 spiro atoms. The van der Waals surface area contributed by atoms with E-state index in [1.807, 2.05) is 0 Å². The second kappa shape index (κ2) is 4.28. The van der Waals surface area contributed by atoms with Gasteiger partial charge in [0.2, 0.25) is 0 Å². The van der Waals surface area contributed by atoms with E-state index in [0.717, 1.165) is 12.8 Å². The molecule has 0 heterocycles. The third kappa shape index (κ3) is 2.54. The molecule has 0 bridgehead atoms. The van der Waals surface area contributed by atoms with Crippen LogP contribution in [-0.2, 0) is 0 Å². The average Bonchev–Trinajstić information content (AvgIpc) is 2.99. The number of halogens is 2. The van der Waals surface area contributed by atoms with Crippen molar-refractivity contribution in [3.05, 3.63) is 34.1 Å². The molecular weight excluding hydrogens is 261 g/mol. The molecule has 1 aliphatic rings. The molecule has 80 valence electrons. The highest BCUT2D eigenvalue weighted by atomic mass is 79.9. The highest BCUT2D eigenvalue weighted by Gasteiger charge is 2.22. The van der Waals surface area contributed by atoms with Gasteiger partial charge in [-0.05, 0) is 31.0 Å². The molecule has 3 nitrogen and oxygen atoms in total. The van der Waals surface area contributed by atoms with Crippen LogP contribution in [0.1, 0.15) is 18.4 Å². The largest absolute Gasteiger partial charge is 0.308 e. The van der Waals surface area contributed by atoms with Crippen LogP contribution in [0, 0.1) is 5.82 Å². The summed E-state index contributed by atoms with van der Waals surface area (Å²) in [6, 6.07) is 5.12. The molecule has 15 heavy (non-hydrogen) atoms. The molecular formula is C10H11BrFN3. The van der Waals surface area contributed by atoms with Crippen LogP contribution < -0.4 is 11.3 Å². The van der Waals surface area contributed by atoms with E-state index in [2.05, 4.69) is 26.3 Å². The summed E-state index contributed by atoms with van der Waals surface area (Å²) in [5.74, 6) is 5.42. The molecule has 0 unspecified atom stereocenters. The fraction of sp³-hybridized carbons (Fsp3) is 0.300. The van der Waals surface area contributed by atoms with Gasteiger partial charge in [-0.3, -0.25) is 4.99 Å². The van der Waals surface area contributed by atoms with Crippen molar-refractivity contribution in [1.82, 2.24) is 5.43 Å². The van der Waals surface area contributed by atoms with Gasteiger partial charge in [0.15, 0.2) is 0 Å². The van der Waals surface area contributed by atoms with E-state index in [1.165, 1.54) is 6.07 Å². The maximum atomic E-state index is 13.6. The normalized spacial score (nSPS) is 16.6. The number of amidine groups is 1. The molecule has 0 aliphatic heterocycles. The number of benzene rings is 1. The minimum Gasteiger partial charge on any atom is -0.308 e. The smallest absolute Gasteiger partial charge is 0.145 e. The van der Waals surface area contributed by atoms with Crippen molar-refractivity contribution >= 4 is 21.8 Å². The Morgan fingerprint density at radius 2 is 2.27 bits per heavy atom. The Bertz CT molecular complexity index is 402. The number of hydrazine groups is 1. The summed E-state index contributed by atoms with van der Waals surface area (Å²) in [6.45, 7) is 0. The predicted octanol–water partition coefficient (Wildman–Crippen LogP) is 1.96. The van der Waals surface area contributed by atoms with Crippen LogP contribution in [0.15, 0.2) is 27.7 Å². The van der Waals surface area contributed by atoms with Crippen molar-refractivity contribution in [3.63, 3.8) is 0 Å². The van der Waals surface area contributed by atoms with Crippen LogP contribution in [0.2, 0.25) is 0 Å². The van der Waals surface area contributed by atoms with E-state index in [9.17, 15) is 4.39 Å². The zero-order valence-electron chi connectivity index (χ0n) is 8.00. The first kappa shape index (κ1) is 10.6. The van der Waals surface area contributed by atoms with Gasteiger partial charge in [0.1, 0.15) is 11.7 Å². The number of hydrogen-bond acceptors (Lipinski definition) is 2. The molecule has 0 amide bonds. The lowest BCUT2D eigenvalue weighted by molar-refractivity contribution is 0.623. The number of aliphatic imine (C=N–C) groups is 1. The Balaban J connectivity index is 2.33. The summed E-state index contributed by atoms with van der Waals surface area (Å²) in [5.41, 5.74) is 2.85. The van der Waals surface area contributed by atoms with Crippen molar-refractivity contribution in [2.75, 3.05) is 0 Å². The zero-order valence-corrected chi connectivity index (χ0v) is 9.59. The minimum absolute atomic E-state index is 0.305. The van der Waals surface area contributed by atoms with Crippen LogP contribution in [0.5, 0.6) is 0 Å². The molecule has 2 rings (SSSR count). The Labute approximate surface area is 95.7 Å². The molecule has 1 fully saturated rings. The molecule has 1 aromatic rings. The van der Waals surface area contributed by atoms with Crippen LogP contribution in [0.4, 0.5) is 4.39 Å². The second-order valence-electron chi connectivity index (χ2n) is 3.48. The Morgan fingerprint density at radius 3 is 2.80 bits per heavy atom. The molecule has 0 aromatic heterocycles. The van der Waals surface area contributed by atoms with Crippen molar-refractivity contribution in [1.29, 1.82) is 0 Å². The molecule has 0 radical (unpaired) electrons. The number of rotatable bonds is 2. The minimum atomic E-state index is -0.332. The molecule has 0 atom stereocenters. The van der Waals surface area contributed by atoms with E-state index in [-0.39, 0.29) is 5.82 Å². The molecule has 1 aliphatic carbocycles. The summed E-state index contributed by atoms with van der Waals surface area (Å²) in [6.07, 6.45) is 2.12. The lowest BCUT2D eigenvalue weighted by Crippen LogP contribution is -2.32. The van der Waals surface area contributed by atoms with Gasteiger partial charge in [-0.15, -0.1) is 0 Å². The summed E-state index contributed by atoms with van der Waals surface area (Å²) in [5, 5.41) is 0. The standard InChI is InChI=1S/C10H11BrFN3/c11-6-1-4-8(9(12)5-6)10(15-13)14-7-2-3-7/h1,4-5,7H,2-3,13H2,(H,14,15). The van der Waals surface area contributed by atoms with Crippen LogP contribution in [0.3, 0.4) is 0 Å². The van der Waals surface area contributed by atoms with Gasteiger partial charge < -0.3 is 5.43 Å². The highest BCUT2D eigenvalue weighted by Crippen LogP contribution is 2.24. The topological polar surface area (TPSA) is 50.4 Å². The van der Waals surface area contributed by atoms with Gasteiger partial charge in [0.25, 0.3) is 0 Å². The fourth-order valence-electron chi connectivity index (χ4n) is 1.25. The lowest BCUT2D eigenvalue weighted by Gasteiger charge is -2.07. The maximum absolute atomic E-state index is 13.6. The Hall–Kier alpha value is -0.940. The Kier molecular flexibility index (Phi) is 3.02. The number of nitrogens with zero attached hydrogens (tertiary/aromatic N) is 1. The highest BCUT2D eigenvalue weighted by molar-refractivity contribution is 9.10. The molecule has 0 saturated heterocycles. The summed E-state index contributed by atoms with van der Waals surface area (Å²) >= 11 is 3.20. The van der Waals surface area contributed by atoms with Gasteiger partial charge in [-0.25, -0.2) is 10.2 Å². The van der Waals surface area contributed by atoms with E-state index in [0.29, 0.717) is 21.9 Å². The second-order valence-corrected chi connectivity index (χ2v) is 4.39. The van der Waals surface area contributed by atoms with E-state index in [1.54, 1.807) is 12.1 Å². The van der Waals surface area contributed by atoms with Crippen molar-refractivity contribution < 1.29 is 4.39 Å². The summed E-state index contributed by atoms with van der Waals surface area (Å²) < 4.78 is 14.3. The third-order valence-corrected chi connectivity index (χ3v) is 2.67. The first-order chi connectivity index (χ1) is 7.20. The van der Waals surface area contributed by atoms with Gasteiger partial charge in [-0.1, -0.05) is 15.9 Å². The first-order valence-electron chi connectivity index (χ1n) is 4.70. The fourth-order valence-corrected chi connectivity index (χ4v) is 1.59. The van der Waals surface area contributed by atoms with Gasteiger partial charge in [-0.2, -0.15) is 0 Å². The number of hydrogen-bond donors (Lipinski definition) is 2. The van der Waals surface area contributed by atoms with Crippen molar-refractivity contribution in [2.24, 2.45) is 10.8 Å². The van der Waals surface area contributed by atoms with Crippen molar-refractivity contribution in [2.45, 2.75) is 18.9 Å². The first-order valence-corrected chi connectivity index (χ1v) is 5.50. The molecule has 1 aromatic carbocycles. The van der Waals surface area contributed by atoms with Crippen LogP contribution in [0.25, 0.3) is 0 Å². The molecule has 3 N–H and O–H groups in total. The number of nitrogens with two attached hydrogens (primary N) is 1. The van der Waals surface area contributed by atoms with E-state index in [4.69, 9.17) is 5.84 Å². The van der Waals surface area contributed by atoms with Crippen LogP contribution in [-0.4, -0.2) is 11.9 Å².